The van der Waals surface area contributed by atoms with Gasteiger partial charge in [-0.25, -0.2) is 9.78 Å². The van der Waals surface area contributed by atoms with Crippen molar-refractivity contribution >= 4 is 29.5 Å². The third-order valence-electron chi connectivity index (χ3n) is 3.55. The van der Waals surface area contributed by atoms with Crippen LogP contribution in [0.3, 0.4) is 0 Å². The third kappa shape index (κ3) is 6.36. The Balaban J connectivity index is 2.41. The molecule has 0 atom stereocenters. The number of carbonyl (C=O) groups is 1. The van der Waals surface area contributed by atoms with Crippen LogP contribution in [0, 0.1) is 34.0 Å². The van der Waals surface area contributed by atoms with Crippen LogP contribution in [0.2, 0.25) is 0 Å². The Hall–Kier alpha value is -4.27. The smallest absolute Gasteiger partial charge is 0.417 e. The van der Waals surface area contributed by atoms with E-state index >= 15 is 0 Å². The summed E-state index contributed by atoms with van der Waals surface area (Å²) in [7, 11) is 0. The van der Waals surface area contributed by atoms with E-state index in [9.17, 15) is 18.0 Å². The topological polar surface area (TPSA) is 134 Å². The van der Waals surface area contributed by atoms with Gasteiger partial charge in [-0.1, -0.05) is 11.8 Å². The third-order valence-corrected chi connectivity index (χ3v) is 4.59. The highest BCUT2D eigenvalue weighted by molar-refractivity contribution is 7.99. The van der Waals surface area contributed by atoms with Gasteiger partial charge in [0.15, 0.2) is 5.57 Å². The lowest BCUT2D eigenvalue weighted by molar-refractivity contribution is -0.138. The number of alkyl halides is 3. The molecule has 1 heterocycles. The average molecular weight is 441 g/mol. The van der Waals surface area contributed by atoms with Gasteiger partial charge in [0.25, 0.3) is 0 Å². The van der Waals surface area contributed by atoms with Crippen LogP contribution >= 0.6 is 11.8 Å². The lowest BCUT2D eigenvalue weighted by Gasteiger charge is -2.11. The Morgan fingerprint density at radius 1 is 1.13 bits per heavy atom. The van der Waals surface area contributed by atoms with Crippen molar-refractivity contribution in [3.63, 3.8) is 0 Å². The number of anilines is 1. The number of nitrogens with one attached hydrogen (secondary N) is 1. The molecule has 0 saturated heterocycles. The van der Waals surface area contributed by atoms with E-state index < -0.39 is 23.3 Å². The second-order valence-electron chi connectivity index (χ2n) is 5.62. The van der Waals surface area contributed by atoms with Crippen molar-refractivity contribution < 1.29 is 23.1 Å². The first-order valence-corrected chi connectivity index (χ1v) is 8.97. The molecular weight excluding hydrogens is 431 g/mol. The van der Waals surface area contributed by atoms with E-state index in [-0.39, 0.29) is 16.4 Å². The second kappa shape index (κ2) is 9.97. The zero-order valence-corrected chi connectivity index (χ0v) is 16.1. The van der Waals surface area contributed by atoms with E-state index in [0.717, 1.165) is 23.9 Å². The van der Waals surface area contributed by atoms with Crippen LogP contribution < -0.4 is 5.32 Å². The van der Waals surface area contributed by atoms with E-state index in [4.69, 9.17) is 20.9 Å². The number of aromatic nitrogens is 1. The number of nitriles is 3. The Kier molecular flexibility index (Phi) is 7.40. The summed E-state index contributed by atoms with van der Waals surface area (Å²) in [6.07, 6.45) is -1.71. The highest BCUT2D eigenvalue weighted by Crippen LogP contribution is 2.34. The van der Waals surface area contributed by atoms with Crippen molar-refractivity contribution in [2.75, 3.05) is 5.32 Å². The number of nitrogens with zero attached hydrogens (tertiary/aromatic N) is 4. The summed E-state index contributed by atoms with van der Waals surface area (Å²) in [6.45, 7) is 0. The molecule has 31 heavy (non-hydrogen) atoms. The number of pyridine rings is 1. The molecule has 1 aromatic carbocycles. The number of hydrogen-bond acceptors (Lipinski definition) is 7. The quantitative estimate of drug-likeness (QED) is 0.491. The molecule has 0 aliphatic carbocycles. The van der Waals surface area contributed by atoms with Crippen molar-refractivity contribution in [3.05, 3.63) is 65.0 Å². The largest absolute Gasteiger partial charge is 0.478 e. The standard InChI is InChI=1S/C20H10F3N5O2S/c21-20(22,23)14-2-5-18(27-11-14)31-17-4-3-15(7-12(17)1-6-19(29)30)28-16(10-26)13(8-24)9-25/h1-7,11,28H,(H,29,30). The van der Waals surface area contributed by atoms with E-state index in [0.29, 0.717) is 16.7 Å². The van der Waals surface area contributed by atoms with Gasteiger partial charge in [-0.15, -0.1) is 0 Å². The maximum Gasteiger partial charge on any atom is 0.417 e. The van der Waals surface area contributed by atoms with Gasteiger partial charge in [0, 0.05) is 22.9 Å². The minimum Gasteiger partial charge on any atom is -0.478 e. The van der Waals surface area contributed by atoms with Gasteiger partial charge in [-0.05, 0) is 42.0 Å². The lowest BCUT2D eigenvalue weighted by atomic mass is 10.1. The Morgan fingerprint density at radius 3 is 2.35 bits per heavy atom. The molecule has 2 aromatic rings. The molecule has 0 unspecified atom stereocenters. The summed E-state index contributed by atoms with van der Waals surface area (Å²) in [5.41, 5.74) is -0.981. The summed E-state index contributed by atoms with van der Waals surface area (Å²) in [5.74, 6) is -1.23. The van der Waals surface area contributed by atoms with E-state index in [1.807, 2.05) is 0 Å². The summed E-state index contributed by atoms with van der Waals surface area (Å²) in [6, 6.07) is 11.4. The first kappa shape index (κ1) is 23.0. The molecule has 2 N–H and O–H groups in total. The maximum atomic E-state index is 12.7. The maximum absolute atomic E-state index is 12.7. The van der Waals surface area contributed by atoms with Crippen LogP contribution in [-0.4, -0.2) is 16.1 Å². The minimum absolute atomic E-state index is 0.243. The van der Waals surface area contributed by atoms with Gasteiger partial charge in [0.1, 0.15) is 28.9 Å². The molecule has 0 amide bonds. The molecule has 2 rings (SSSR count). The van der Waals surface area contributed by atoms with Crippen LogP contribution in [0.15, 0.2) is 63.8 Å². The predicted molar refractivity (Wildman–Crippen MR) is 104 cm³/mol. The molecule has 0 bridgehead atoms. The van der Waals surface area contributed by atoms with Gasteiger partial charge in [-0.3, -0.25) is 0 Å². The molecule has 1 aromatic heterocycles. The van der Waals surface area contributed by atoms with Crippen LogP contribution in [-0.2, 0) is 11.0 Å². The number of hydrogen-bond donors (Lipinski definition) is 2. The monoisotopic (exact) mass is 441 g/mol. The molecule has 11 heteroatoms. The Labute approximate surface area is 178 Å². The van der Waals surface area contributed by atoms with Gasteiger partial charge in [-0.2, -0.15) is 29.0 Å². The number of allylic oxidation sites excluding steroid dienone is 2. The van der Waals surface area contributed by atoms with Crippen molar-refractivity contribution in [2.45, 2.75) is 16.1 Å². The average Bonchev–Trinajstić information content (AvgIpc) is 2.73. The molecule has 0 aliphatic rings. The van der Waals surface area contributed by atoms with E-state index in [1.54, 1.807) is 18.2 Å². The second-order valence-corrected chi connectivity index (χ2v) is 6.68. The summed E-state index contributed by atoms with van der Waals surface area (Å²) in [5, 5.41) is 38.7. The number of halogens is 3. The number of carboxylic acids is 1. The zero-order valence-electron chi connectivity index (χ0n) is 15.3. The van der Waals surface area contributed by atoms with Gasteiger partial charge in [0.05, 0.1) is 5.56 Å². The fourth-order valence-corrected chi connectivity index (χ4v) is 3.01. The Morgan fingerprint density at radius 2 is 1.84 bits per heavy atom. The van der Waals surface area contributed by atoms with E-state index in [2.05, 4.69) is 10.3 Å². The highest BCUT2D eigenvalue weighted by atomic mass is 32.2. The van der Waals surface area contributed by atoms with Crippen LogP contribution in [0.25, 0.3) is 6.08 Å². The number of rotatable bonds is 6. The van der Waals surface area contributed by atoms with Crippen molar-refractivity contribution in [3.8, 4) is 18.2 Å². The lowest BCUT2D eigenvalue weighted by Crippen LogP contribution is -2.05. The highest BCUT2D eigenvalue weighted by Gasteiger charge is 2.30. The first-order valence-electron chi connectivity index (χ1n) is 8.15. The van der Waals surface area contributed by atoms with Crippen LogP contribution in [0.5, 0.6) is 0 Å². The summed E-state index contributed by atoms with van der Waals surface area (Å²) >= 11 is 1.00. The predicted octanol–water partition coefficient (Wildman–Crippen LogP) is 4.59. The summed E-state index contributed by atoms with van der Waals surface area (Å²) in [4.78, 5) is 15.1. The molecule has 154 valence electrons. The van der Waals surface area contributed by atoms with Crippen LogP contribution in [0.4, 0.5) is 18.9 Å². The van der Waals surface area contributed by atoms with Gasteiger partial charge in [0.2, 0.25) is 0 Å². The molecule has 7 nitrogen and oxygen atoms in total. The number of benzene rings is 1. The van der Waals surface area contributed by atoms with Gasteiger partial charge < -0.3 is 10.4 Å². The fourth-order valence-electron chi connectivity index (χ4n) is 2.16. The first-order chi connectivity index (χ1) is 14.7. The van der Waals surface area contributed by atoms with E-state index in [1.165, 1.54) is 30.3 Å². The SMILES string of the molecule is N#CC(C#N)=C(C#N)Nc1ccc(Sc2ccc(C(F)(F)F)cn2)c(C=CC(=O)O)c1. The zero-order chi connectivity index (χ0) is 23.0. The van der Waals surface area contributed by atoms with Gasteiger partial charge >= 0.3 is 12.1 Å². The molecule has 0 saturated carbocycles. The van der Waals surface area contributed by atoms with Crippen LogP contribution in [0.1, 0.15) is 11.1 Å². The summed E-state index contributed by atoms with van der Waals surface area (Å²) < 4.78 is 38.1. The number of aliphatic carboxylic acids is 1. The number of carboxylic acid groups (broad SMARTS) is 1. The molecular formula is C20H10F3N5O2S. The molecule has 0 radical (unpaired) electrons. The minimum atomic E-state index is -4.52. The molecule has 0 fully saturated rings. The van der Waals surface area contributed by atoms with Crippen molar-refractivity contribution in [1.82, 2.24) is 4.98 Å². The molecule has 0 aliphatic heterocycles. The Bertz CT molecular complexity index is 1170. The van der Waals surface area contributed by atoms with Crippen molar-refractivity contribution in [2.24, 2.45) is 0 Å². The normalized spacial score (nSPS) is 10.6. The fraction of sp³-hybridized carbons (Fsp3) is 0.0500. The molecule has 0 spiro atoms. The van der Waals surface area contributed by atoms with Crippen molar-refractivity contribution in [1.29, 1.82) is 15.8 Å².